The zero-order valence-electron chi connectivity index (χ0n) is 8.34. The Hall–Kier alpha value is -1.72. The number of carbonyl (C=O) groups is 2. The number of anilines is 1. The predicted molar refractivity (Wildman–Crippen MR) is 54.7 cm³/mol. The molecular weight excluding hydrogens is 196 g/mol. The summed E-state index contributed by atoms with van der Waals surface area (Å²) in [5, 5.41) is 0. The minimum atomic E-state index is -0.490. The summed E-state index contributed by atoms with van der Waals surface area (Å²) < 4.78 is 0. The summed E-state index contributed by atoms with van der Waals surface area (Å²) in [4.78, 5) is 28.0. The number of imide groups is 1. The molecule has 5 nitrogen and oxygen atoms in total. The van der Waals surface area contributed by atoms with Gasteiger partial charge in [-0.15, -0.1) is 0 Å². The normalized spacial score (nSPS) is 9.73. The van der Waals surface area contributed by atoms with Gasteiger partial charge in [0.05, 0.1) is 5.69 Å². The first-order chi connectivity index (χ1) is 7.16. The molecule has 0 radical (unpaired) electrons. The Morgan fingerprint density at radius 3 is 2.40 bits per heavy atom. The Morgan fingerprint density at radius 2 is 1.93 bits per heavy atom. The smallest absolute Gasteiger partial charge is 0.261 e. The van der Waals surface area contributed by atoms with Crippen LogP contribution >= 0.6 is 0 Å². The van der Waals surface area contributed by atoms with Crippen LogP contribution in [0.2, 0.25) is 0 Å². The molecule has 2 N–H and O–H groups in total. The first-order valence-corrected chi connectivity index (χ1v) is 4.37. The van der Waals surface area contributed by atoms with Crippen LogP contribution in [0.5, 0.6) is 0 Å². The lowest BCUT2D eigenvalue weighted by Gasteiger charge is -2.18. The molecule has 0 saturated carbocycles. The highest BCUT2D eigenvalue weighted by molar-refractivity contribution is 6.14. The van der Waals surface area contributed by atoms with Crippen LogP contribution in [-0.2, 0) is 14.4 Å². The van der Waals surface area contributed by atoms with E-state index in [4.69, 9.17) is 5.90 Å². The molecule has 5 heteroatoms. The maximum Gasteiger partial charge on any atom is 0.261 e. The van der Waals surface area contributed by atoms with E-state index in [2.05, 4.69) is 4.84 Å². The fourth-order valence-electron chi connectivity index (χ4n) is 1.21. The zero-order valence-corrected chi connectivity index (χ0v) is 8.34. The quantitative estimate of drug-likeness (QED) is 0.732. The summed E-state index contributed by atoms with van der Waals surface area (Å²) in [6.45, 7) is 0.982. The summed E-state index contributed by atoms with van der Waals surface area (Å²) in [7, 11) is 0. The highest BCUT2D eigenvalue weighted by atomic mass is 16.6. The van der Waals surface area contributed by atoms with Crippen molar-refractivity contribution in [1.29, 1.82) is 0 Å². The molecule has 1 rings (SSSR count). The Bertz CT molecular complexity index is 351. The second-order valence-electron chi connectivity index (χ2n) is 2.89. The fourth-order valence-corrected chi connectivity index (χ4v) is 1.21. The first kappa shape index (κ1) is 11.4. The van der Waals surface area contributed by atoms with Gasteiger partial charge in [0.1, 0.15) is 6.61 Å². The molecule has 0 aromatic heterocycles. The van der Waals surface area contributed by atoms with Crippen LogP contribution in [0.1, 0.15) is 6.92 Å². The lowest BCUT2D eigenvalue weighted by atomic mass is 10.3. The molecule has 0 heterocycles. The van der Waals surface area contributed by atoms with E-state index < -0.39 is 5.91 Å². The molecule has 0 aliphatic carbocycles. The molecule has 0 bridgehead atoms. The van der Waals surface area contributed by atoms with Crippen LogP contribution in [-0.4, -0.2) is 18.4 Å². The van der Waals surface area contributed by atoms with Crippen LogP contribution in [0.4, 0.5) is 5.69 Å². The number of carbonyl (C=O) groups excluding carboxylic acids is 2. The van der Waals surface area contributed by atoms with E-state index in [-0.39, 0.29) is 12.5 Å². The van der Waals surface area contributed by atoms with Gasteiger partial charge in [0, 0.05) is 6.92 Å². The summed E-state index contributed by atoms with van der Waals surface area (Å²) in [6, 6.07) is 8.60. The molecule has 0 aliphatic rings. The third kappa shape index (κ3) is 2.87. The Balaban J connectivity index is 2.94. The SMILES string of the molecule is CC(=O)N(C(=O)CON)c1ccccc1. The molecule has 0 atom stereocenters. The van der Waals surface area contributed by atoms with Crippen molar-refractivity contribution in [3.63, 3.8) is 0 Å². The molecule has 0 saturated heterocycles. The molecule has 1 aromatic carbocycles. The number of hydrogen-bond acceptors (Lipinski definition) is 4. The minimum absolute atomic E-state index is 0.325. The third-order valence-corrected chi connectivity index (χ3v) is 1.79. The number of nitrogens with two attached hydrogens (primary N) is 1. The highest BCUT2D eigenvalue weighted by Gasteiger charge is 2.19. The van der Waals surface area contributed by atoms with Crippen molar-refractivity contribution in [3.8, 4) is 0 Å². The van der Waals surface area contributed by atoms with Gasteiger partial charge in [0.25, 0.3) is 5.91 Å². The second kappa shape index (κ2) is 5.23. The minimum Gasteiger partial charge on any atom is -0.295 e. The monoisotopic (exact) mass is 208 g/mol. The summed E-state index contributed by atoms with van der Waals surface area (Å²) in [5.41, 5.74) is 0.507. The van der Waals surface area contributed by atoms with E-state index in [9.17, 15) is 9.59 Å². The maximum atomic E-state index is 11.5. The van der Waals surface area contributed by atoms with Crippen LogP contribution in [0.3, 0.4) is 0 Å². The number of rotatable bonds is 3. The molecule has 0 unspecified atom stereocenters. The van der Waals surface area contributed by atoms with Crippen LogP contribution in [0.25, 0.3) is 0 Å². The topological polar surface area (TPSA) is 72.6 Å². The van der Waals surface area contributed by atoms with E-state index in [0.717, 1.165) is 4.90 Å². The molecule has 2 amide bonds. The van der Waals surface area contributed by atoms with Crippen LogP contribution in [0.15, 0.2) is 30.3 Å². The predicted octanol–water partition coefficient (Wildman–Crippen LogP) is 0.456. The van der Waals surface area contributed by atoms with Crippen molar-refractivity contribution in [3.05, 3.63) is 30.3 Å². The zero-order chi connectivity index (χ0) is 11.3. The molecule has 0 fully saturated rings. The summed E-state index contributed by atoms with van der Waals surface area (Å²) >= 11 is 0. The number of nitrogens with zero attached hydrogens (tertiary/aromatic N) is 1. The standard InChI is InChI=1S/C10H12N2O3/c1-8(13)12(10(14)7-15-11)9-5-3-2-4-6-9/h2-6H,7,11H2,1H3. The van der Waals surface area contributed by atoms with Crippen molar-refractivity contribution in [2.24, 2.45) is 5.90 Å². The van der Waals surface area contributed by atoms with Gasteiger partial charge in [-0.3, -0.25) is 14.4 Å². The first-order valence-electron chi connectivity index (χ1n) is 4.37. The fraction of sp³-hybridized carbons (Fsp3) is 0.200. The van der Waals surface area contributed by atoms with E-state index >= 15 is 0 Å². The largest absolute Gasteiger partial charge is 0.295 e. The molecule has 15 heavy (non-hydrogen) atoms. The van der Waals surface area contributed by atoms with Crippen LogP contribution in [0, 0.1) is 0 Å². The summed E-state index contributed by atoms with van der Waals surface area (Å²) in [6.07, 6.45) is 0. The van der Waals surface area contributed by atoms with E-state index in [1.165, 1.54) is 6.92 Å². The molecule has 80 valence electrons. The van der Waals surface area contributed by atoms with Gasteiger partial charge < -0.3 is 0 Å². The van der Waals surface area contributed by atoms with E-state index in [1.54, 1.807) is 30.3 Å². The van der Waals surface area contributed by atoms with Gasteiger partial charge in [0.15, 0.2) is 0 Å². The maximum absolute atomic E-state index is 11.5. The van der Waals surface area contributed by atoms with Crippen molar-refractivity contribution < 1.29 is 14.4 Å². The lowest BCUT2D eigenvalue weighted by molar-refractivity contribution is -0.128. The molecule has 1 aromatic rings. The Kier molecular flexibility index (Phi) is 3.96. The average molecular weight is 208 g/mol. The average Bonchev–Trinajstić information content (AvgIpc) is 2.19. The highest BCUT2D eigenvalue weighted by Crippen LogP contribution is 2.13. The van der Waals surface area contributed by atoms with Gasteiger partial charge in [0.2, 0.25) is 5.91 Å². The number of hydrogen-bond donors (Lipinski definition) is 1. The van der Waals surface area contributed by atoms with Gasteiger partial charge in [-0.25, -0.2) is 10.8 Å². The number of benzene rings is 1. The van der Waals surface area contributed by atoms with Crippen molar-refractivity contribution in [1.82, 2.24) is 0 Å². The lowest BCUT2D eigenvalue weighted by Crippen LogP contribution is -2.38. The number of para-hydroxylation sites is 1. The molecular formula is C10H12N2O3. The molecule has 0 spiro atoms. The van der Waals surface area contributed by atoms with Crippen molar-refractivity contribution in [2.45, 2.75) is 6.92 Å². The second-order valence-corrected chi connectivity index (χ2v) is 2.89. The van der Waals surface area contributed by atoms with Crippen LogP contribution < -0.4 is 10.8 Å². The van der Waals surface area contributed by atoms with Gasteiger partial charge in [-0.1, -0.05) is 18.2 Å². The third-order valence-electron chi connectivity index (χ3n) is 1.79. The van der Waals surface area contributed by atoms with Crippen molar-refractivity contribution in [2.75, 3.05) is 11.5 Å². The Morgan fingerprint density at radius 1 is 1.33 bits per heavy atom. The van der Waals surface area contributed by atoms with Gasteiger partial charge in [-0.05, 0) is 12.1 Å². The Labute approximate surface area is 87.4 Å². The van der Waals surface area contributed by atoms with E-state index in [0.29, 0.717) is 5.69 Å². The number of amides is 2. The van der Waals surface area contributed by atoms with Crippen molar-refractivity contribution >= 4 is 17.5 Å². The van der Waals surface area contributed by atoms with E-state index in [1.807, 2.05) is 0 Å². The van der Waals surface area contributed by atoms with Gasteiger partial charge in [-0.2, -0.15) is 0 Å². The van der Waals surface area contributed by atoms with Gasteiger partial charge >= 0.3 is 0 Å². The summed E-state index contributed by atoms with van der Waals surface area (Å²) in [5.74, 6) is 3.93. The molecule has 0 aliphatic heterocycles.